The summed E-state index contributed by atoms with van der Waals surface area (Å²) >= 11 is 0. The van der Waals surface area contributed by atoms with Crippen LogP contribution in [0.15, 0.2) is 36.5 Å². The van der Waals surface area contributed by atoms with Gasteiger partial charge < -0.3 is 15.5 Å². The Morgan fingerprint density at radius 2 is 2.08 bits per heavy atom. The topological polar surface area (TPSA) is 75.3 Å². The SMILES string of the molecule is CCN1CCCN(c2cccc(C(=O)c3cccnc3N)n2)CC1.[HH].[HH]. The van der Waals surface area contributed by atoms with Gasteiger partial charge in [0.05, 0.1) is 5.56 Å². The molecule has 3 rings (SSSR count). The average Bonchev–Trinajstić information content (AvgIpc) is 2.87. The van der Waals surface area contributed by atoms with Crippen molar-refractivity contribution in [3.63, 3.8) is 0 Å². The molecular formula is C18H27N5O. The van der Waals surface area contributed by atoms with E-state index in [4.69, 9.17) is 5.73 Å². The summed E-state index contributed by atoms with van der Waals surface area (Å²) in [6, 6.07) is 8.97. The van der Waals surface area contributed by atoms with E-state index in [0.29, 0.717) is 11.3 Å². The fourth-order valence-electron chi connectivity index (χ4n) is 2.99. The predicted octanol–water partition coefficient (Wildman–Crippen LogP) is 2.31. The van der Waals surface area contributed by atoms with Gasteiger partial charge in [-0.1, -0.05) is 13.0 Å². The number of carbonyl (C=O) groups is 1. The summed E-state index contributed by atoms with van der Waals surface area (Å²) in [5.74, 6) is 0.900. The third kappa shape index (κ3) is 3.54. The lowest BCUT2D eigenvalue weighted by Gasteiger charge is -2.22. The van der Waals surface area contributed by atoms with E-state index in [9.17, 15) is 4.79 Å². The molecule has 0 saturated carbocycles. The van der Waals surface area contributed by atoms with Crippen LogP contribution < -0.4 is 10.6 Å². The Hall–Kier alpha value is -2.47. The van der Waals surface area contributed by atoms with Crippen molar-refractivity contribution in [1.82, 2.24) is 14.9 Å². The lowest BCUT2D eigenvalue weighted by Crippen LogP contribution is -2.31. The molecule has 3 heterocycles. The van der Waals surface area contributed by atoms with Gasteiger partial charge in [0.1, 0.15) is 17.3 Å². The number of likely N-dealkylation sites (N-methyl/N-ethyl adjacent to an activating group) is 1. The van der Waals surface area contributed by atoms with Crippen LogP contribution in [-0.4, -0.2) is 53.4 Å². The maximum Gasteiger partial charge on any atom is 0.215 e. The maximum atomic E-state index is 12.7. The van der Waals surface area contributed by atoms with E-state index in [1.807, 2.05) is 12.1 Å². The molecule has 1 fully saturated rings. The molecule has 0 amide bonds. The standard InChI is InChI=1S/C18H23N5O.2H2/c1-2-22-10-5-11-23(13-12-22)16-8-3-7-15(21-16)17(24)14-6-4-9-20-18(14)19;;/h3-4,6-9H,2,5,10-13H2,1H3,(H2,19,20);2*1H. The van der Waals surface area contributed by atoms with Crippen molar-refractivity contribution >= 4 is 17.4 Å². The number of hydrogen-bond acceptors (Lipinski definition) is 6. The van der Waals surface area contributed by atoms with Gasteiger partial charge in [0, 0.05) is 28.7 Å². The molecule has 24 heavy (non-hydrogen) atoms. The average molecular weight is 329 g/mol. The Bertz CT molecular complexity index is 728. The van der Waals surface area contributed by atoms with Crippen LogP contribution in [0.5, 0.6) is 0 Å². The number of carbonyl (C=O) groups excluding carboxylic acids is 1. The van der Waals surface area contributed by atoms with Crippen LogP contribution in [-0.2, 0) is 0 Å². The van der Waals surface area contributed by atoms with Crippen molar-refractivity contribution in [2.75, 3.05) is 43.4 Å². The van der Waals surface area contributed by atoms with E-state index in [0.717, 1.165) is 45.0 Å². The van der Waals surface area contributed by atoms with Crippen molar-refractivity contribution < 1.29 is 7.65 Å². The third-order valence-electron chi connectivity index (χ3n) is 4.41. The van der Waals surface area contributed by atoms with Crippen LogP contribution in [0.25, 0.3) is 0 Å². The fourth-order valence-corrected chi connectivity index (χ4v) is 2.99. The van der Waals surface area contributed by atoms with Crippen molar-refractivity contribution in [3.05, 3.63) is 47.8 Å². The zero-order valence-corrected chi connectivity index (χ0v) is 14.0. The molecule has 0 bridgehead atoms. The highest BCUT2D eigenvalue weighted by molar-refractivity contribution is 6.10. The van der Waals surface area contributed by atoms with Crippen LogP contribution in [0.2, 0.25) is 0 Å². The summed E-state index contributed by atoms with van der Waals surface area (Å²) in [6.45, 7) is 7.26. The molecule has 2 N–H and O–H groups in total. The normalized spacial score (nSPS) is 16.0. The van der Waals surface area contributed by atoms with Gasteiger partial charge in [0.15, 0.2) is 0 Å². The van der Waals surface area contributed by atoms with Crippen molar-refractivity contribution in [1.29, 1.82) is 0 Å². The van der Waals surface area contributed by atoms with E-state index in [-0.39, 0.29) is 14.5 Å². The van der Waals surface area contributed by atoms with Gasteiger partial charge in [0.2, 0.25) is 5.78 Å². The quantitative estimate of drug-likeness (QED) is 0.868. The number of pyridine rings is 2. The Kier molecular flexibility index (Phi) is 5.05. The first-order chi connectivity index (χ1) is 11.7. The number of ketones is 1. The van der Waals surface area contributed by atoms with E-state index in [1.54, 1.807) is 24.4 Å². The summed E-state index contributed by atoms with van der Waals surface area (Å²) in [5, 5.41) is 0. The predicted molar refractivity (Wildman–Crippen MR) is 99.5 cm³/mol. The zero-order valence-electron chi connectivity index (χ0n) is 14.0. The number of nitrogens with two attached hydrogens (primary N) is 1. The van der Waals surface area contributed by atoms with Crippen molar-refractivity contribution in [2.45, 2.75) is 13.3 Å². The molecular weight excluding hydrogens is 302 g/mol. The van der Waals surface area contributed by atoms with Crippen molar-refractivity contribution in [2.24, 2.45) is 0 Å². The summed E-state index contributed by atoms with van der Waals surface area (Å²) in [7, 11) is 0. The smallest absolute Gasteiger partial charge is 0.215 e. The summed E-state index contributed by atoms with van der Waals surface area (Å²) in [5.41, 5.74) is 6.62. The second-order valence-electron chi connectivity index (χ2n) is 5.92. The Labute approximate surface area is 145 Å². The molecule has 6 nitrogen and oxygen atoms in total. The van der Waals surface area contributed by atoms with Crippen molar-refractivity contribution in [3.8, 4) is 0 Å². The lowest BCUT2D eigenvalue weighted by molar-refractivity contribution is 0.103. The second kappa shape index (κ2) is 7.40. The van der Waals surface area contributed by atoms with Gasteiger partial charge in [-0.05, 0) is 43.8 Å². The molecule has 1 saturated heterocycles. The molecule has 2 aromatic rings. The van der Waals surface area contributed by atoms with E-state index >= 15 is 0 Å². The third-order valence-corrected chi connectivity index (χ3v) is 4.41. The first-order valence-electron chi connectivity index (χ1n) is 8.38. The number of rotatable bonds is 4. The monoisotopic (exact) mass is 329 g/mol. The summed E-state index contributed by atoms with van der Waals surface area (Å²) in [6.07, 6.45) is 2.68. The van der Waals surface area contributed by atoms with Crippen LogP contribution in [0.4, 0.5) is 11.6 Å². The molecule has 130 valence electrons. The van der Waals surface area contributed by atoms with Crippen LogP contribution >= 0.6 is 0 Å². The number of aromatic nitrogens is 2. The van der Waals surface area contributed by atoms with Gasteiger partial charge in [-0.25, -0.2) is 9.97 Å². The minimum atomic E-state index is -0.188. The highest BCUT2D eigenvalue weighted by Crippen LogP contribution is 2.18. The first kappa shape index (κ1) is 16.4. The van der Waals surface area contributed by atoms with Gasteiger partial charge >= 0.3 is 0 Å². The van der Waals surface area contributed by atoms with Crippen LogP contribution in [0, 0.1) is 0 Å². The first-order valence-corrected chi connectivity index (χ1v) is 8.38. The fraction of sp³-hybridized carbons (Fsp3) is 0.389. The Morgan fingerprint density at radius 1 is 1.21 bits per heavy atom. The van der Waals surface area contributed by atoms with E-state index in [1.165, 1.54) is 0 Å². The van der Waals surface area contributed by atoms with Crippen LogP contribution in [0.1, 0.15) is 32.2 Å². The zero-order chi connectivity index (χ0) is 16.9. The Balaban J connectivity index is 0.00000169. The Morgan fingerprint density at radius 3 is 2.88 bits per heavy atom. The van der Waals surface area contributed by atoms with Gasteiger partial charge in [-0.3, -0.25) is 4.79 Å². The van der Waals surface area contributed by atoms with Gasteiger partial charge in [0.25, 0.3) is 0 Å². The van der Waals surface area contributed by atoms with Gasteiger partial charge in [-0.2, -0.15) is 0 Å². The molecule has 2 aromatic heterocycles. The minimum absolute atomic E-state index is 0. The number of hydrogen-bond donors (Lipinski definition) is 1. The number of nitrogens with zero attached hydrogens (tertiary/aromatic N) is 4. The molecule has 0 atom stereocenters. The molecule has 0 aromatic carbocycles. The summed E-state index contributed by atoms with van der Waals surface area (Å²) in [4.78, 5) is 25.9. The molecule has 0 aliphatic carbocycles. The lowest BCUT2D eigenvalue weighted by atomic mass is 10.1. The molecule has 0 unspecified atom stereocenters. The summed E-state index contributed by atoms with van der Waals surface area (Å²) < 4.78 is 0. The minimum Gasteiger partial charge on any atom is -0.383 e. The highest BCUT2D eigenvalue weighted by atomic mass is 16.1. The van der Waals surface area contributed by atoms with E-state index in [2.05, 4.69) is 26.7 Å². The molecule has 1 aliphatic rings. The number of nitrogen functional groups attached to an aromatic ring is 1. The van der Waals surface area contributed by atoms with E-state index < -0.39 is 0 Å². The van der Waals surface area contributed by atoms with Crippen LogP contribution in [0.3, 0.4) is 0 Å². The molecule has 1 aliphatic heterocycles. The highest BCUT2D eigenvalue weighted by Gasteiger charge is 2.18. The number of anilines is 2. The molecule has 0 spiro atoms. The second-order valence-corrected chi connectivity index (χ2v) is 5.92. The molecule has 0 radical (unpaired) electrons. The van der Waals surface area contributed by atoms with Gasteiger partial charge in [-0.15, -0.1) is 0 Å². The maximum absolute atomic E-state index is 12.7. The molecule has 6 heteroatoms. The largest absolute Gasteiger partial charge is 0.383 e.